The number of H-pyrrole nitrogens is 1. The molecule has 0 spiro atoms. The molecule has 4 heteroatoms. The lowest BCUT2D eigenvalue weighted by molar-refractivity contribution is 0.416. The smallest absolute Gasteiger partial charge is 0.128 e. The Morgan fingerprint density at radius 2 is 2.24 bits per heavy atom. The van der Waals surface area contributed by atoms with Crippen LogP contribution in [0.4, 0.5) is 0 Å². The predicted octanol–water partition coefficient (Wildman–Crippen LogP) is 1.89. The van der Waals surface area contributed by atoms with Gasteiger partial charge in [0.15, 0.2) is 0 Å². The maximum atomic E-state index is 5.50. The van der Waals surface area contributed by atoms with E-state index in [1.165, 1.54) is 5.56 Å². The molecule has 0 aliphatic heterocycles. The first-order valence-electron chi connectivity index (χ1n) is 5.63. The van der Waals surface area contributed by atoms with E-state index in [-0.39, 0.29) is 0 Å². The molecule has 0 atom stereocenters. The highest BCUT2D eigenvalue weighted by Crippen LogP contribution is 2.29. The van der Waals surface area contributed by atoms with Gasteiger partial charge in [0.25, 0.3) is 0 Å². The molecule has 90 valence electrons. The lowest BCUT2D eigenvalue weighted by atomic mass is 10.1. The summed E-state index contributed by atoms with van der Waals surface area (Å²) in [5.74, 6) is 1.76. The first-order chi connectivity index (χ1) is 8.24. The summed E-state index contributed by atoms with van der Waals surface area (Å²) in [6, 6.07) is 6.11. The van der Waals surface area contributed by atoms with E-state index in [0.29, 0.717) is 6.54 Å². The number of hydrogen-bond donors (Lipinski definition) is 2. The lowest BCUT2D eigenvalue weighted by Crippen LogP contribution is -2.03. The summed E-state index contributed by atoms with van der Waals surface area (Å²) in [5, 5.41) is 0. The van der Waals surface area contributed by atoms with Crippen LogP contribution in [0.1, 0.15) is 11.4 Å². The Kier molecular flexibility index (Phi) is 3.44. The number of nitrogens with zero attached hydrogens (tertiary/aromatic N) is 1. The summed E-state index contributed by atoms with van der Waals surface area (Å²) < 4.78 is 5.38. The van der Waals surface area contributed by atoms with Gasteiger partial charge in [-0.3, -0.25) is 0 Å². The van der Waals surface area contributed by atoms with Crippen LogP contribution in [-0.4, -0.2) is 23.6 Å². The number of nitrogens with one attached hydrogen (secondary N) is 1. The van der Waals surface area contributed by atoms with Crippen molar-refractivity contribution in [1.29, 1.82) is 0 Å². The van der Waals surface area contributed by atoms with Crippen molar-refractivity contribution in [3.8, 4) is 17.0 Å². The van der Waals surface area contributed by atoms with Gasteiger partial charge in [-0.2, -0.15) is 0 Å². The average Bonchev–Trinajstić information content (AvgIpc) is 2.78. The summed E-state index contributed by atoms with van der Waals surface area (Å²) in [5.41, 5.74) is 8.66. The first kappa shape index (κ1) is 11.7. The average molecular weight is 231 g/mol. The Bertz CT molecular complexity index is 505. The molecule has 0 saturated carbocycles. The molecular formula is C13H17N3O. The number of imidazole rings is 1. The number of ether oxygens (including phenoxy) is 1. The van der Waals surface area contributed by atoms with E-state index in [9.17, 15) is 0 Å². The van der Waals surface area contributed by atoms with E-state index >= 15 is 0 Å². The molecule has 0 aliphatic rings. The molecule has 0 amide bonds. The molecule has 2 rings (SSSR count). The van der Waals surface area contributed by atoms with Crippen LogP contribution < -0.4 is 10.5 Å². The van der Waals surface area contributed by atoms with E-state index in [1.54, 1.807) is 7.11 Å². The normalized spacial score (nSPS) is 10.5. The number of aromatic amines is 1. The van der Waals surface area contributed by atoms with Crippen molar-refractivity contribution < 1.29 is 4.74 Å². The SMILES string of the molecule is COc1cc(C)ccc1-c1cnc(CCN)[nH]1. The predicted molar refractivity (Wildman–Crippen MR) is 68.1 cm³/mol. The minimum absolute atomic E-state index is 0.595. The molecule has 1 aromatic carbocycles. The van der Waals surface area contributed by atoms with Gasteiger partial charge in [0.1, 0.15) is 11.6 Å². The second-order valence-corrected chi connectivity index (χ2v) is 3.99. The highest BCUT2D eigenvalue weighted by molar-refractivity contribution is 5.67. The molecule has 0 fully saturated rings. The summed E-state index contributed by atoms with van der Waals surface area (Å²) in [6.07, 6.45) is 2.58. The number of rotatable bonds is 4. The Morgan fingerprint density at radius 3 is 2.94 bits per heavy atom. The first-order valence-corrected chi connectivity index (χ1v) is 5.63. The number of aromatic nitrogens is 2. The van der Waals surface area contributed by atoms with E-state index < -0.39 is 0 Å². The summed E-state index contributed by atoms with van der Waals surface area (Å²) in [6.45, 7) is 2.64. The molecule has 4 nitrogen and oxygen atoms in total. The van der Waals surface area contributed by atoms with E-state index in [4.69, 9.17) is 10.5 Å². The van der Waals surface area contributed by atoms with Crippen LogP contribution in [0.15, 0.2) is 24.4 Å². The van der Waals surface area contributed by atoms with E-state index in [1.807, 2.05) is 25.3 Å². The zero-order chi connectivity index (χ0) is 12.3. The highest BCUT2D eigenvalue weighted by atomic mass is 16.5. The van der Waals surface area contributed by atoms with Gasteiger partial charge in [-0.05, 0) is 31.2 Å². The number of methoxy groups -OCH3 is 1. The third-order valence-corrected chi connectivity index (χ3v) is 2.66. The molecule has 0 bridgehead atoms. The molecule has 0 unspecified atom stereocenters. The Morgan fingerprint density at radius 1 is 1.41 bits per heavy atom. The van der Waals surface area contributed by atoms with Crippen molar-refractivity contribution in [2.75, 3.05) is 13.7 Å². The van der Waals surface area contributed by atoms with Crippen molar-refractivity contribution in [3.05, 3.63) is 35.8 Å². The Hall–Kier alpha value is -1.81. The molecule has 0 aliphatic carbocycles. The number of hydrogen-bond acceptors (Lipinski definition) is 3. The van der Waals surface area contributed by atoms with Crippen LogP contribution >= 0.6 is 0 Å². The largest absolute Gasteiger partial charge is 0.496 e. The van der Waals surface area contributed by atoms with Crippen LogP contribution in [0.25, 0.3) is 11.3 Å². The van der Waals surface area contributed by atoms with Crippen molar-refractivity contribution in [1.82, 2.24) is 9.97 Å². The zero-order valence-electron chi connectivity index (χ0n) is 10.2. The maximum absolute atomic E-state index is 5.50. The number of benzene rings is 1. The second kappa shape index (κ2) is 5.01. The van der Waals surface area contributed by atoms with Gasteiger partial charge in [-0.1, -0.05) is 6.07 Å². The van der Waals surface area contributed by atoms with Crippen molar-refractivity contribution in [2.24, 2.45) is 5.73 Å². The fraction of sp³-hybridized carbons (Fsp3) is 0.308. The van der Waals surface area contributed by atoms with Crippen LogP contribution in [0.5, 0.6) is 5.75 Å². The molecule has 1 aromatic heterocycles. The third-order valence-electron chi connectivity index (χ3n) is 2.66. The van der Waals surface area contributed by atoms with E-state index in [0.717, 1.165) is 29.3 Å². The molecule has 1 heterocycles. The van der Waals surface area contributed by atoms with Gasteiger partial charge in [0.05, 0.1) is 19.0 Å². The van der Waals surface area contributed by atoms with Crippen LogP contribution in [0.3, 0.4) is 0 Å². The van der Waals surface area contributed by atoms with Crippen LogP contribution in [0, 0.1) is 6.92 Å². The number of aryl methyl sites for hydroxylation is 1. The monoisotopic (exact) mass is 231 g/mol. The molecular weight excluding hydrogens is 214 g/mol. The van der Waals surface area contributed by atoms with Gasteiger partial charge in [0, 0.05) is 12.0 Å². The highest BCUT2D eigenvalue weighted by Gasteiger charge is 2.08. The van der Waals surface area contributed by atoms with Crippen molar-refractivity contribution >= 4 is 0 Å². The summed E-state index contributed by atoms with van der Waals surface area (Å²) in [7, 11) is 1.68. The topological polar surface area (TPSA) is 63.9 Å². The van der Waals surface area contributed by atoms with E-state index in [2.05, 4.69) is 16.0 Å². The lowest BCUT2D eigenvalue weighted by Gasteiger charge is -2.07. The van der Waals surface area contributed by atoms with Gasteiger partial charge in [0.2, 0.25) is 0 Å². The minimum atomic E-state index is 0.595. The molecule has 2 aromatic rings. The summed E-state index contributed by atoms with van der Waals surface area (Å²) in [4.78, 5) is 7.54. The molecule has 0 radical (unpaired) electrons. The Labute approximate surface area is 101 Å². The third kappa shape index (κ3) is 2.47. The number of nitrogens with two attached hydrogens (primary N) is 1. The van der Waals surface area contributed by atoms with Crippen molar-refractivity contribution in [2.45, 2.75) is 13.3 Å². The van der Waals surface area contributed by atoms with Gasteiger partial charge >= 0.3 is 0 Å². The van der Waals surface area contributed by atoms with Gasteiger partial charge in [-0.15, -0.1) is 0 Å². The zero-order valence-corrected chi connectivity index (χ0v) is 10.2. The van der Waals surface area contributed by atoms with Gasteiger partial charge in [-0.25, -0.2) is 4.98 Å². The van der Waals surface area contributed by atoms with Gasteiger partial charge < -0.3 is 15.5 Å². The maximum Gasteiger partial charge on any atom is 0.128 e. The Balaban J connectivity index is 2.37. The fourth-order valence-corrected chi connectivity index (χ4v) is 1.78. The standard InChI is InChI=1S/C13H17N3O/c1-9-3-4-10(12(7-9)17-2)11-8-15-13(16-11)5-6-14/h3-4,7-8H,5-6,14H2,1-2H3,(H,15,16). The minimum Gasteiger partial charge on any atom is -0.496 e. The quantitative estimate of drug-likeness (QED) is 0.844. The molecule has 0 saturated heterocycles. The summed E-state index contributed by atoms with van der Waals surface area (Å²) >= 11 is 0. The van der Waals surface area contributed by atoms with Crippen LogP contribution in [0.2, 0.25) is 0 Å². The fourth-order valence-electron chi connectivity index (χ4n) is 1.78. The van der Waals surface area contributed by atoms with Crippen LogP contribution in [-0.2, 0) is 6.42 Å². The molecule has 17 heavy (non-hydrogen) atoms. The second-order valence-electron chi connectivity index (χ2n) is 3.99. The molecule has 3 N–H and O–H groups in total. The van der Waals surface area contributed by atoms with Crippen molar-refractivity contribution in [3.63, 3.8) is 0 Å².